The Morgan fingerprint density at radius 1 is 1.00 bits per heavy atom. The van der Waals surface area contributed by atoms with Crippen molar-refractivity contribution < 1.29 is 4.74 Å². The minimum Gasteiger partial charge on any atom is -0.494 e. The first kappa shape index (κ1) is 14.6. The Morgan fingerprint density at radius 3 is 2.35 bits per heavy atom. The molecule has 2 aromatic carbocycles. The van der Waals surface area contributed by atoms with Crippen molar-refractivity contribution in [2.24, 2.45) is 0 Å². The van der Waals surface area contributed by atoms with Crippen LogP contribution in [0.1, 0.15) is 36.9 Å². The summed E-state index contributed by atoms with van der Waals surface area (Å²) in [6.07, 6.45) is 0. The smallest absolute Gasteiger partial charge is 0.119 e. The Morgan fingerprint density at radius 2 is 1.70 bits per heavy atom. The van der Waals surface area contributed by atoms with E-state index in [4.69, 9.17) is 4.74 Å². The number of benzene rings is 2. The van der Waals surface area contributed by atoms with E-state index in [1.54, 1.807) is 0 Å². The molecule has 0 spiro atoms. The lowest BCUT2D eigenvalue weighted by atomic mass is 9.88. The van der Waals surface area contributed by atoms with E-state index >= 15 is 0 Å². The van der Waals surface area contributed by atoms with Crippen molar-refractivity contribution in [2.45, 2.75) is 25.8 Å². The van der Waals surface area contributed by atoms with Gasteiger partial charge in [-0.2, -0.15) is 0 Å². The average molecular weight is 269 g/mol. The van der Waals surface area contributed by atoms with Crippen LogP contribution in [0.25, 0.3) is 0 Å². The number of likely N-dealkylation sites (N-methyl/N-ethyl adjacent to an activating group) is 1. The topological polar surface area (TPSA) is 21.3 Å². The van der Waals surface area contributed by atoms with Crippen molar-refractivity contribution in [3.63, 3.8) is 0 Å². The lowest BCUT2D eigenvalue weighted by molar-refractivity contribution is 0.339. The van der Waals surface area contributed by atoms with E-state index in [0.29, 0.717) is 12.5 Å². The maximum atomic E-state index is 5.60. The van der Waals surface area contributed by atoms with E-state index in [2.05, 4.69) is 60.8 Å². The van der Waals surface area contributed by atoms with Gasteiger partial charge in [0, 0.05) is 12.0 Å². The van der Waals surface area contributed by atoms with Crippen LogP contribution in [0.15, 0.2) is 54.6 Å². The first-order chi connectivity index (χ1) is 9.76. The predicted octanol–water partition coefficient (Wildman–Crippen LogP) is 4.15. The maximum absolute atomic E-state index is 5.60. The third-order valence-electron chi connectivity index (χ3n) is 3.66. The molecule has 2 heteroatoms. The summed E-state index contributed by atoms with van der Waals surface area (Å²) in [5, 5.41) is 3.43. The van der Waals surface area contributed by atoms with Crippen LogP contribution in [-0.4, -0.2) is 13.7 Å². The highest BCUT2D eigenvalue weighted by Gasteiger charge is 2.19. The van der Waals surface area contributed by atoms with Gasteiger partial charge in [-0.3, -0.25) is 0 Å². The molecule has 1 N–H and O–H groups in total. The Kier molecular flexibility index (Phi) is 5.19. The van der Waals surface area contributed by atoms with E-state index < -0.39 is 0 Å². The molecule has 106 valence electrons. The summed E-state index contributed by atoms with van der Waals surface area (Å²) >= 11 is 0. The maximum Gasteiger partial charge on any atom is 0.119 e. The van der Waals surface area contributed by atoms with Crippen molar-refractivity contribution in [1.29, 1.82) is 0 Å². The summed E-state index contributed by atoms with van der Waals surface area (Å²) in [5.41, 5.74) is 2.60. The Labute approximate surface area is 121 Å². The van der Waals surface area contributed by atoms with Crippen LogP contribution in [0.3, 0.4) is 0 Å². The van der Waals surface area contributed by atoms with E-state index in [1.165, 1.54) is 11.1 Å². The largest absolute Gasteiger partial charge is 0.494 e. The van der Waals surface area contributed by atoms with Gasteiger partial charge in [-0.15, -0.1) is 0 Å². The SMILES string of the molecule is CCOc1cccc(C(NC)C(C)c2ccccc2)c1. The minimum absolute atomic E-state index is 0.276. The average Bonchev–Trinajstić information content (AvgIpc) is 2.49. The standard InChI is InChI=1S/C18H23NO/c1-4-20-17-12-8-11-16(13-17)18(19-3)14(2)15-9-6-5-7-10-15/h5-14,18-19H,4H2,1-3H3. The minimum atomic E-state index is 0.276. The number of ether oxygens (including phenoxy) is 1. The second-order valence-electron chi connectivity index (χ2n) is 4.97. The molecular formula is C18H23NO. The van der Waals surface area contributed by atoms with Crippen LogP contribution < -0.4 is 10.1 Å². The van der Waals surface area contributed by atoms with Gasteiger partial charge in [0.05, 0.1) is 6.61 Å². The van der Waals surface area contributed by atoms with Crippen LogP contribution >= 0.6 is 0 Å². The molecule has 2 rings (SSSR count). The molecule has 2 aromatic rings. The molecule has 2 atom stereocenters. The van der Waals surface area contributed by atoms with Crippen molar-refractivity contribution in [1.82, 2.24) is 5.32 Å². The van der Waals surface area contributed by atoms with Gasteiger partial charge in [0.1, 0.15) is 5.75 Å². The van der Waals surface area contributed by atoms with Crippen molar-refractivity contribution in [3.8, 4) is 5.75 Å². The quantitative estimate of drug-likeness (QED) is 0.850. The fourth-order valence-electron chi connectivity index (χ4n) is 2.62. The molecular weight excluding hydrogens is 246 g/mol. The molecule has 0 aliphatic heterocycles. The van der Waals surface area contributed by atoms with E-state index in [9.17, 15) is 0 Å². The lowest BCUT2D eigenvalue weighted by Crippen LogP contribution is -2.22. The summed E-state index contributed by atoms with van der Waals surface area (Å²) in [6, 6.07) is 19.2. The van der Waals surface area contributed by atoms with Crippen molar-refractivity contribution in [3.05, 3.63) is 65.7 Å². The zero-order valence-corrected chi connectivity index (χ0v) is 12.5. The van der Waals surface area contributed by atoms with Crippen molar-refractivity contribution in [2.75, 3.05) is 13.7 Å². The number of hydrogen-bond donors (Lipinski definition) is 1. The normalized spacial score (nSPS) is 13.8. The fraction of sp³-hybridized carbons (Fsp3) is 0.333. The third kappa shape index (κ3) is 3.40. The molecule has 0 heterocycles. The van der Waals surface area contributed by atoms with Gasteiger partial charge in [-0.05, 0) is 37.2 Å². The molecule has 0 amide bonds. The number of hydrogen-bond acceptors (Lipinski definition) is 2. The molecule has 0 aliphatic rings. The van der Waals surface area contributed by atoms with E-state index in [0.717, 1.165) is 5.75 Å². The van der Waals surface area contributed by atoms with Gasteiger partial charge in [-0.25, -0.2) is 0 Å². The summed E-state index contributed by atoms with van der Waals surface area (Å²) in [6.45, 7) is 4.96. The summed E-state index contributed by atoms with van der Waals surface area (Å²) in [4.78, 5) is 0. The molecule has 2 unspecified atom stereocenters. The molecule has 0 saturated carbocycles. The van der Waals surface area contributed by atoms with Crippen LogP contribution in [0, 0.1) is 0 Å². The predicted molar refractivity (Wildman–Crippen MR) is 84.3 cm³/mol. The number of rotatable bonds is 6. The second kappa shape index (κ2) is 7.11. The lowest BCUT2D eigenvalue weighted by Gasteiger charge is -2.25. The Bertz CT molecular complexity index is 524. The molecule has 0 radical (unpaired) electrons. The Balaban J connectivity index is 2.25. The molecule has 20 heavy (non-hydrogen) atoms. The van der Waals surface area contributed by atoms with Gasteiger partial charge < -0.3 is 10.1 Å². The van der Waals surface area contributed by atoms with Gasteiger partial charge >= 0.3 is 0 Å². The number of nitrogens with one attached hydrogen (secondary N) is 1. The van der Waals surface area contributed by atoms with Gasteiger partial charge in [0.25, 0.3) is 0 Å². The van der Waals surface area contributed by atoms with E-state index in [-0.39, 0.29) is 6.04 Å². The zero-order chi connectivity index (χ0) is 14.4. The molecule has 0 bridgehead atoms. The first-order valence-corrected chi connectivity index (χ1v) is 7.21. The molecule has 0 saturated heterocycles. The van der Waals surface area contributed by atoms with Crippen LogP contribution in [0.2, 0.25) is 0 Å². The van der Waals surface area contributed by atoms with Crippen LogP contribution in [0.4, 0.5) is 0 Å². The third-order valence-corrected chi connectivity index (χ3v) is 3.66. The van der Waals surface area contributed by atoms with Crippen molar-refractivity contribution >= 4 is 0 Å². The summed E-state index contributed by atoms with van der Waals surface area (Å²) in [5.74, 6) is 1.34. The fourth-order valence-corrected chi connectivity index (χ4v) is 2.62. The molecule has 2 nitrogen and oxygen atoms in total. The molecule has 0 fully saturated rings. The van der Waals surface area contributed by atoms with Crippen LogP contribution in [-0.2, 0) is 0 Å². The highest BCUT2D eigenvalue weighted by atomic mass is 16.5. The van der Waals surface area contributed by atoms with E-state index in [1.807, 2.05) is 20.0 Å². The Hall–Kier alpha value is -1.80. The molecule has 0 aliphatic carbocycles. The zero-order valence-electron chi connectivity index (χ0n) is 12.5. The summed E-state index contributed by atoms with van der Waals surface area (Å²) < 4.78 is 5.60. The van der Waals surface area contributed by atoms with Gasteiger partial charge in [0.15, 0.2) is 0 Å². The highest BCUT2D eigenvalue weighted by Crippen LogP contribution is 2.31. The second-order valence-corrected chi connectivity index (χ2v) is 4.97. The monoisotopic (exact) mass is 269 g/mol. The highest BCUT2D eigenvalue weighted by molar-refractivity contribution is 5.33. The summed E-state index contributed by atoms with van der Waals surface area (Å²) in [7, 11) is 2.01. The molecule has 0 aromatic heterocycles. The van der Waals surface area contributed by atoms with Crippen LogP contribution in [0.5, 0.6) is 5.75 Å². The van der Waals surface area contributed by atoms with Gasteiger partial charge in [-0.1, -0.05) is 49.4 Å². The first-order valence-electron chi connectivity index (χ1n) is 7.21. The van der Waals surface area contributed by atoms with Gasteiger partial charge in [0.2, 0.25) is 0 Å².